The van der Waals surface area contributed by atoms with Crippen LogP contribution in [0.2, 0.25) is 0 Å². The van der Waals surface area contributed by atoms with E-state index in [1.165, 1.54) is 4.90 Å². The van der Waals surface area contributed by atoms with Gasteiger partial charge in [-0.05, 0) is 44.3 Å². The van der Waals surface area contributed by atoms with Gasteiger partial charge in [0.25, 0.3) is 5.56 Å². The fourth-order valence-electron chi connectivity index (χ4n) is 2.30. The topological polar surface area (TPSA) is 42.2 Å². The van der Waals surface area contributed by atoms with Crippen LogP contribution in [0.25, 0.3) is 10.9 Å². The number of hydrogen-bond donors (Lipinski definition) is 2. The lowest BCUT2D eigenvalue weighted by Gasteiger charge is -2.16. The summed E-state index contributed by atoms with van der Waals surface area (Å²) >= 11 is 8.71. The van der Waals surface area contributed by atoms with Crippen LogP contribution in [0.1, 0.15) is 13.8 Å². The molecule has 2 aromatic rings. The summed E-state index contributed by atoms with van der Waals surface area (Å²) in [6.07, 6.45) is 0. The van der Waals surface area contributed by atoms with Crippen LogP contribution in [-0.4, -0.2) is 29.2 Å². The van der Waals surface area contributed by atoms with Crippen LogP contribution in [0.15, 0.2) is 27.5 Å². The summed E-state index contributed by atoms with van der Waals surface area (Å²) in [6.45, 7) is 7.97. The molecule has 0 fully saturated rings. The zero-order valence-corrected chi connectivity index (χ0v) is 14.1. The molecule has 6 heteroatoms. The van der Waals surface area contributed by atoms with Gasteiger partial charge in [-0.15, -0.1) is 0 Å². The number of rotatable bonds is 5. The van der Waals surface area contributed by atoms with Gasteiger partial charge in [0.15, 0.2) is 4.77 Å². The number of halogens is 1. The van der Waals surface area contributed by atoms with E-state index < -0.39 is 0 Å². The predicted molar refractivity (Wildman–Crippen MR) is 88.0 cm³/mol. The Bertz CT molecular complexity index is 718. The molecule has 0 atom stereocenters. The van der Waals surface area contributed by atoms with Crippen molar-refractivity contribution in [3.8, 4) is 0 Å². The van der Waals surface area contributed by atoms with Crippen molar-refractivity contribution in [2.75, 3.05) is 19.6 Å². The molecule has 0 saturated carbocycles. The van der Waals surface area contributed by atoms with Crippen LogP contribution in [0.5, 0.6) is 0 Å². The third-order valence-electron chi connectivity index (χ3n) is 3.63. The van der Waals surface area contributed by atoms with Gasteiger partial charge in [-0.1, -0.05) is 15.9 Å². The average Bonchev–Trinajstić information content (AvgIpc) is 2.44. The molecule has 2 rings (SSSR count). The molecule has 1 heterocycles. The summed E-state index contributed by atoms with van der Waals surface area (Å²) in [7, 11) is 0. The van der Waals surface area contributed by atoms with E-state index in [4.69, 9.17) is 12.2 Å². The standard InChI is InChI=1S/C14H18BrN3OS/c1-3-17(4-2)7-8-18-13(19)11-9-10(15)5-6-12(11)16-14(18)20/h5-6,9H,3-4,7-8H2,1-2H3,(H,16,20)/p+1. The molecule has 0 aliphatic heterocycles. The zero-order valence-electron chi connectivity index (χ0n) is 11.7. The Morgan fingerprint density at radius 1 is 1.35 bits per heavy atom. The largest absolute Gasteiger partial charge is 0.334 e. The number of nitrogens with one attached hydrogen (secondary N) is 2. The van der Waals surface area contributed by atoms with Crippen molar-refractivity contribution < 1.29 is 4.90 Å². The van der Waals surface area contributed by atoms with Crippen molar-refractivity contribution in [3.63, 3.8) is 0 Å². The van der Waals surface area contributed by atoms with Crippen LogP contribution in [0, 0.1) is 4.77 Å². The molecule has 2 N–H and O–H groups in total. The monoisotopic (exact) mass is 356 g/mol. The Labute approximate surface area is 131 Å². The lowest BCUT2D eigenvalue weighted by molar-refractivity contribution is -0.897. The lowest BCUT2D eigenvalue weighted by atomic mass is 10.2. The molecule has 0 amide bonds. The van der Waals surface area contributed by atoms with Gasteiger partial charge < -0.3 is 9.88 Å². The van der Waals surface area contributed by atoms with Crippen LogP contribution in [-0.2, 0) is 6.54 Å². The second kappa shape index (κ2) is 6.65. The van der Waals surface area contributed by atoms with E-state index in [1.807, 2.05) is 18.2 Å². The Morgan fingerprint density at radius 3 is 2.70 bits per heavy atom. The molecule has 0 spiro atoms. The normalized spacial score (nSPS) is 11.4. The second-order valence-electron chi connectivity index (χ2n) is 4.78. The number of aromatic nitrogens is 2. The number of aromatic amines is 1. The van der Waals surface area contributed by atoms with Crippen molar-refractivity contribution in [2.24, 2.45) is 0 Å². The number of fused-ring (bicyclic) bond motifs is 1. The minimum Gasteiger partial charge on any atom is -0.334 e. The summed E-state index contributed by atoms with van der Waals surface area (Å²) in [6, 6.07) is 5.61. The van der Waals surface area contributed by atoms with Crippen molar-refractivity contribution in [1.82, 2.24) is 9.55 Å². The zero-order chi connectivity index (χ0) is 14.7. The number of likely N-dealkylation sites (N-methyl/N-ethyl adjacent to an activating group) is 1. The molecule has 0 unspecified atom stereocenters. The first-order valence-electron chi connectivity index (χ1n) is 6.82. The van der Waals surface area contributed by atoms with Gasteiger partial charge in [-0.3, -0.25) is 9.36 Å². The van der Waals surface area contributed by atoms with Crippen molar-refractivity contribution in [1.29, 1.82) is 0 Å². The van der Waals surface area contributed by atoms with Crippen molar-refractivity contribution in [3.05, 3.63) is 37.8 Å². The molecule has 0 bridgehead atoms. The van der Waals surface area contributed by atoms with Crippen LogP contribution < -0.4 is 10.5 Å². The van der Waals surface area contributed by atoms with Crippen molar-refractivity contribution >= 4 is 39.1 Å². The summed E-state index contributed by atoms with van der Waals surface area (Å²) < 4.78 is 3.06. The molecule has 0 aliphatic rings. The molecule has 0 saturated heterocycles. The van der Waals surface area contributed by atoms with Gasteiger partial charge in [-0.25, -0.2) is 0 Å². The Morgan fingerprint density at radius 2 is 2.05 bits per heavy atom. The Kier molecular flexibility index (Phi) is 5.12. The van der Waals surface area contributed by atoms with Crippen LogP contribution in [0.4, 0.5) is 0 Å². The number of benzene rings is 1. The molecule has 20 heavy (non-hydrogen) atoms. The van der Waals surface area contributed by atoms with E-state index in [2.05, 4.69) is 34.8 Å². The third kappa shape index (κ3) is 3.19. The molecular weight excluding hydrogens is 338 g/mol. The Hall–Kier alpha value is -0.980. The summed E-state index contributed by atoms with van der Waals surface area (Å²) in [5, 5.41) is 0.669. The maximum absolute atomic E-state index is 12.5. The Balaban J connectivity index is 2.43. The van der Waals surface area contributed by atoms with Gasteiger partial charge in [0.1, 0.15) is 0 Å². The number of H-pyrrole nitrogens is 1. The molecular formula is C14H19BrN3OS+. The predicted octanol–water partition coefficient (Wildman–Crippen LogP) is 1.75. The van der Waals surface area contributed by atoms with Gasteiger partial charge in [0.2, 0.25) is 0 Å². The highest BCUT2D eigenvalue weighted by Crippen LogP contribution is 2.15. The van der Waals surface area contributed by atoms with E-state index in [-0.39, 0.29) is 5.56 Å². The van der Waals surface area contributed by atoms with Crippen LogP contribution in [0.3, 0.4) is 0 Å². The molecule has 4 nitrogen and oxygen atoms in total. The first-order valence-corrected chi connectivity index (χ1v) is 8.02. The fraction of sp³-hybridized carbons (Fsp3) is 0.429. The fourth-order valence-corrected chi connectivity index (χ4v) is 2.94. The maximum Gasteiger partial charge on any atom is 0.262 e. The van der Waals surface area contributed by atoms with Crippen LogP contribution >= 0.6 is 28.1 Å². The first-order chi connectivity index (χ1) is 9.56. The van der Waals surface area contributed by atoms with E-state index in [0.29, 0.717) is 16.7 Å². The molecule has 108 valence electrons. The molecule has 0 aliphatic carbocycles. The van der Waals surface area contributed by atoms with E-state index >= 15 is 0 Å². The second-order valence-corrected chi connectivity index (χ2v) is 6.09. The summed E-state index contributed by atoms with van der Waals surface area (Å²) in [5.74, 6) is 0. The van der Waals surface area contributed by atoms with E-state index in [9.17, 15) is 4.79 Å². The number of hydrogen-bond acceptors (Lipinski definition) is 2. The minimum atomic E-state index is -0.0170. The molecule has 1 aromatic carbocycles. The van der Waals surface area contributed by atoms with E-state index in [0.717, 1.165) is 29.6 Å². The quantitative estimate of drug-likeness (QED) is 0.801. The average molecular weight is 357 g/mol. The molecule has 0 radical (unpaired) electrons. The minimum absolute atomic E-state index is 0.0170. The first kappa shape index (κ1) is 15.4. The van der Waals surface area contributed by atoms with E-state index in [1.54, 1.807) is 4.57 Å². The summed E-state index contributed by atoms with van der Waals surface area (Å²) in [4.78, 5) is 17.1. The molecule has 1 aromatic heterocycles. The van der Waals surface area contributed by atoms with Gasteiger partial charge in [0.05, 0.1) is 37.1 Å². The highest BCUT2D eigenvalue weighted by Gasteiger charge is 2.09. The highest BCUT2D eigenvalue weighted by atomic mass is 79.9. The third-order valence-corrected chi connectivity index (χ3v) is 4.45. The van der Waals surface area contributed by atoms with Gasteiger partial charge >= 0.3 is 0 Å². The van der Waals surface area contributed by atoms with Gasteiger partial charge in [-0.2, -0.15) is 0 Å². The van der Waals surface area contributed by atoms with Crippen molar-refractivity contribution in [2.45, 2.75) is 20.4 Å². The maximum atomic E-state index is 12.5. The number of nitrogens with zero attached hydrogens (tertiary/aromatic N) is 1. The van der Waals surface area contributed by atoms with Gasteiger partial charge in [0, 0.05) is 4.47 Å². The number of quaternary nitrogens is 1. The lowest BCUT2D eigenvalue weighted by Crippen LogP contribution is -3.11. The highest BCUT2D eigenvalue weighted by molar-refractivity contribution is 9.10. The SMILES string of the molecule is CC[NH+](CC)CCn1c(=S)[nH]c2ccc(Br)cc2c1=O. The summed E-state index contributed by atoms with van der Waals surface area (Å²) in [5.41, 5.74) is 0.770. The smallest absolute Gasteiger partial charge is 0.262 e.